The van der Waals surface area contributed by atoms with E-state index in [0.29, 0.717) is 32.6 Å². The highest BCUT2D eigenvalue weighted by Crippen LogP contribution is 2.41. The highest BCUT2D eigenvalue weighted by molar-refractivity contribution is 8.03. The van der Waals surface area contributed by atoms with E-state index < -0.39 is 17.7 Å². The number of halogens is 2. The lowest BCUT2D eigenvalue weighted by Crippen LogP contribution is -2.29. The molecule has 0 aromatic heterocycles. The third kappa shape index (κ3) is 6.07. The van der Waals surface area contributed by atoms with Gasteiger partial charge in [-0.25, -0.2) is 9.18 Å². The third-order valence-electron chi connectivity index (χ3n) is 4.88. The van der Waals surface area contributed by atoms with Crippen molar-refractivity contribution in [1.29, 1.82) is 5.26 Å². The molecule has 1 heterocycles. The molecule has 2 aromatic carbocycles. The lowest BCUT2D eigenvalue weighted by atomic mass is 9.82. The van der Waals surface area contributed by atoms with Gasteiger partial charge in [-0.2, -0.15) is 5.26 Å². The molecule has 174 valence electrons. The van der Waals surface area contributed by atoms with E-state index in [9.17, 15) is 19.2 Å². The molecule has 1 amide bonds. The topological polar surface area (TPSA) is 91.2 Å². The zero-order chi connectivity index (χ0) is 24.7. The van der Waals surface area contributed by atoms with Crippen LogP contribution in [-0.2, 0) is 14.3 Å². The van der Waals surface area contributed by atoms with Gasteiger partial charge in [-0.1, -0.05) is 48.2 Å². The standard InChI is InChI=1S/C25H21ClFN3O3S/c1-3-12-33-25(32)22-15(2)29-24(20(13-28)23(22)16-4-6-17(26)7-5-16)34-14-21(31)30-19-10-8-18(27)9-11-19/h3-11,23,29H,1,12,14H2,2H3,(H,30,31)/t23-/m1/s1. The molecule has 0 aliphatic carbocycles. The summed E-state index contributed by atoms with van der Waals surface area (Å²) in [5.41, 5.74) is 2.22. The molecular formula is C25H21ClFN3O3S. The van der Waals surface area contributed by atoms with Crippen LogP contribution in [0, 0.1) is 17.1 Å². The Labute approximate surface area is 206 Å². The predicted octanol–water partition coefficient (Wildman–Crippen LogP) is 5.28. The van der Waals surface area contributed by atoms with Gasteiger partial charge in [0, 0.05) is 16.4 Å². The van der Waals surface area contributed by atoms with Gasteiger partial charge in [0.05, 0.1) is 33.9 Å². The molecule has 0 spiro atoms. The fourth-order valence-corrected chi connectivity index (χ4v) is 4.38. The molecule has 9 heteroatoms. The predicted molar refractivity (Wildman–Crippen MR) is 131 cm³/mol. The van der Waals surface area contributed by atoms with Gasteiger partial charge in [0.1, 0.15) is 12.4 Å². The second-order valence-electron chi connectivity index (χ2n) is 7.23. The average Bonchev–Trinajstić information content (AvgIpc) is 2.82. The number of nitrogens with one attached hydrogen (secondary N) is 2. The van der Waals surface area contributed by atoms with Gasteiger partial charge in [-0.15, -0.1) is 0 Å². The number of esters is 1. The fraction of sp³-hybridized carbons (Fsp3) is 0.160. The summed E-state index contributed by atoms with van der Waals surface area (Å²) in [6.45, 7) is 5.29. The first-order chi connectivity index (χ1) is 16.3. The summed E-state index contributed by atoms with van der Waals surface area (Å²) in [5, 5.41) is 16.8. The second kappa shape index (κ2) is 11.5. The molecule has 1 atom stereocenters. The summed E-state index contributed by atoms with van der Waals surface area (Å²) in [6.07, 6.45) is 1.46. The van der Waals surface area contributed by atoms with E-state index in [4.69, 9.17) is 16.3 Å². The largest absolute Gasteiger partial charge is 0.458 e. The zero-order valence-electron chi connectivity index (χ0n) is 18.2. The number of rotatable bonds is 8. The fourth-order valence-electron chi connectivity index (χ4n) is 3.37. The molecule has 2 aromatic rings. The Morgan fingerprint density at radius 2 is 1.94 bits per heavy atom. The van der Waals surface area contributed by atoms with E-state index >= 15 is 0 Å². The summed E-state index contributed by atoms with van der Waals surface area (Å²) in [7, 11) is 0. The summed E-state index contributed by atoms with van der Waals surface area (Å²) in [4.78, 5) is 25.3. The van der Waals surface area contributed by atoms with Gasteiger partial charge < -0.3 is 15.4 Å². The number of nitrogens with zero attached hydrogens (tertiary/aromatic N) is 1. The normalized spacial score (nSPS) is 15.3. The Hall–Kier alpha value is -3.54. The van der Waals surface area contributed by atoms with Gasteiger partial charge in [0.15, 0.2) is 0 Å². The zero-order valence-corrected chi connectivity index (χ0v) is 19.8. The number of dihydropyridines is 1. The number of anilines is 1. The number of carbonyl (C=O) groups is 2. The second-order valence-corrected chi connectivity index (χ2v) is 8.66. The maximum atomic E-state index is 13.1. The Morgan fingerprint density at radius 3 is 2.56 bits per heavy atom. The van der Waals surface area contributed by atoms with Crippen molar-refractivity contribution < 1.29 is 18.7 Å². The molecule has 0 unspecified atom stereocenters. The van der Waals surface area contributed by atoms with Crippen molar-refractivity contribution in [1.82, 2.24) is 5.32 Å². The van der Waals surface area contributed by atoms with Crippen molar-refractivity contribution in [3.63, 3.8) is 0 Å². The number of amides is 1. The number of benzene rings is 2. The maximum Gasteiger partial charge on any atom is 0.337 e. The first-order valence-corrected chi connectivity index (χ1v) is 11.5. The molecule has 1 aliphatic heterocycles. The van der Waals surface area contributed by atoms with Gasteiger partial charge >= 0.3 is 5.97 Å². The first-order valence-electron chi connectivity index (χ1n) is 10.2. The number of carbonyl (C=O) groups excluding carboxylic acids is 2. The van der Waals surface area contributed by atoms with Crippen LogP contribution in [0.15, 0.2) is 83.1 Å². The monoisotopic (exact) mass is 497 g/mol. The van der Waals surface area contributed by atoms with Crippen LogP contribution in [0.25, 0.3) is 0 Å². The number of nitriles is 1. The number of ether oxygens (including phenoxy) is 1. The molecule has 3 rings (SSSR count). The van der Waals surface area contributed by atoms with Crippen LogP contribution in [0.5, 0.6) is 0 Å². The van der Waals surface area contributed by atoms with E-state index in [-0.39, 0.29) is 23.8 Å². The van der Waals surface area contributed by atoms with Crippen LogP contribution in [0.2, 0.25) is 5.02 Å². The Kier molecular flexibility index (Phi) is 8.52. The minimum atomic E-state index is -0.705. The molecule has 0 saturated carbocycles. The Balaban J connectivity index is 1.88. The molecule has 6 nitrogen and oxygen atoms in total. The molecule has 34 heavy (non-hydrogen) atoms. The smallest absolute Gasteiger partial charge is 0.337 e. The van der Waals surface area contributed by atoms with Crippen molar-refractivity contribution in [2.45, 2.75) is 12.8 Å². The summed E-state index contributed by atoms with van der Waals surface area (Å²) < 4.78 is 18.3. The van der Waals surface area contributed by atoms with Crippen molar-refractivity contribution in [3.8, 4) is 6.07 Å². The van der Waals surface area contributed by atoms with Crippen LogP contribution in [0.1, 0.15) is 18.4 Å². The Morgan fingerprint density at radius 1 is 1.26 bits per heavy atom. The maximum absolute atomic E-state index is 13.1. The molecular weight excluding hydrogens is 477 g/mol. The lowest BCUT2D eigenvalue weighted by Gasteiger charge is -2.29. The number of hydrogen-bond acceptors (Lipinski definition) is 6. The van der Waals surface area contributed by atoms with Crippen LogP contribution in [0.4, 0.5) is 10.1 Å². The van der Waals surface area contributed by atoms with E-state index in [1.165, 1.54) is 30.3 Å². The molecule has 0 saturated heterocycles. The highest BCUT2D eigenvalue weighted by Gasteiger charge is 2.35. The minimum Gasteiger partial charge on any atom is -0.458 e. The lowest BCUT2D eigenvalue weighted by molar-refractivity contribution is -0.138. The van der Waals surface area contributed by atoms with E-state index in [0.717, 1.165) is 11.8 Å². The van der Waals surface area contributed by atoms with Gasteiger partial charge in [0.2, 0.25) is 5.91 Å². The number of thioether (sulfide) groups is 1. The first kappa shape index (κ1) is 25.1. The van der Waals surface area contributed by atoms with Crippen LogP contribution in [0.3, 0.4) is 0 Å². The summed E-state index contributed by atoms with van der Waals surface area (Å²) in [6, 6.07) is 14.5. The van der Waals surface area contributed by atoms with Gasteiger partial charge in [-0.3, -0.25) is 4.79 Å². The van der Waals surface area contributed by atoms with Crippen LogP contribution < -0.4 is 10.6 Å². The molecule has 2 N–H and O–H groups in total. The summed E-state index contributed by atoms with van der Waals surface area (Å²) >= 11 is 7.16. The molecule has 0 bridgehead atoms. The van der Waals surface area contributed by atoms with Crippen molar-refractivity contribution in [2.75, 3.05) is 17.7 Å². The minimum absolute atomic E-state index is 0.0122. The van der Waals surface area contributed by atoms with Crippen molar-refractivity contribution >= 4 is 40.9 Å². The Bertz CT molecular complexity index is 1200. The number of hydrogen-bond donors (Lipinski definition) is 2. The average molecular weight is 498 g/mol. The van der Waals surface area contributed by atoms with E-state index in [2.05, 4.69) is 23.3 Å². The SMILES string of the molecule is C=CCOC(=O)C1=C(C)NC(SCC(=O)Nc2ccc(F)cc2)=C(C#N)[C@H]1c1ccc(Cl)cc1. The van der Waals surface area contributed by atoms with Gasteiger partial charge in [0.25, 0.3) is 0 Å². The molecule has 0 radical (unpaired) electrons. The highest BCUT2D eigenvalue weighted by atomic mass is 35.5. The quantitative estimate of drug-likeness (QED) is 0.381. The third-order valence-corrected chi connectivity index (χ3v) is 6.15. The number of allylic oxidation sites excluding steroid dienone is 2. The summed E-state index contributed by atoms with van der Waals surface area (Å²) in [5.74, 6) is -2.02. The van der Waals surface area contributed by atoms with Crippen molar-refractivity contribution in [2.24, 2.45) is 0 Å². The van der Waals surface area contributed by atoms with Crippen LogP contribution in [-0.4, -0.2) is 24.2 Å². The van der Waals surface area contributed by atoms with E-state index in [1.807, 2.05) is 0 Å². The van der Waals surface area contributed by atoms with Crippen molar-refractivity contribution in [3.05, 3.63) is 99.5 Å². The molecule has 0 fully saturated rings. The van der Waals surface area contributed by atoms with Gasteiger partial charge in [-0.05, 0) is 48.9 Å². The van der Waals surface area contributed by atoms with Crippen LogP contribution >= 0.6 is 23.4 Å². The molecule has 1 aliphatic rings. The van der Waals surface area contributed by atoms with E-state index in [1.54, 1.807) is 31.2 Å².